The number of carbonyl (C=O) groups excluding carboxylic acids is 2. The predicted molar refractivity (Wildman–Crippen MR) is 103 cm³/mol. The smallest absolute Gasteiger partial charge is 0.317 e. The number of anilines is 1. The lowest BCUT2D eigenvalue weighted by Gasteiger charge is -2.35. The number of carbonyl (C=O) groups is 2. The summed E-state index contributed by atoms with van der Waals surface area (Å²) in [7, 11) is 3.98. The average molecular weight is 358 g/mol. The molecule has 3 amide bonds. The van der Waals surface area contributed by atoms with Crippen LogP contribution in [0.1, 0.15) is 30.4 Å². The number of nitrogens with zero attached hydrogens (tertiary/aromatic N) is 3. The van der Waals surface area contributed by atoms with Crippen LogP contribution in [-0.4, -0.2) is 67.6 Å². The summed E-state index contributed by atoms with van der Waals surface area (Å²) in [6.07, 6.45) is 2.36. The van der Waals surface area contributed by atoms with E-state index in [1.165, 1.54) is 11.1 Å². The molecule has 1 N–H and O–H groups in total. The van der Waals surface area contributed by atoms with Gasteiger partial charge in [-0.25, -0.2) is 4.79 Å². The van der Waals surface area contributed by atoms with Gasteiger partial charge in [-0.05, 0) is 70.1 Å². The molecule has 0 aromatic heterocycles. The highest BCUT2D eigenvalue weighted by molar-refractivity contribution is 5.96. The van der Waals surface area contributed by atoms with E-state index in [0.29, 0.717) is 13.0 Å². The van der Waals surface area contributed by atoms with Crippen LogP contribution in [0.25, 0.3) is 0 Å². The van der Waals surface area contributed by atoms with Gasteiger partial charge in [0.1, 0.15) is 0 Å². The van der Waals surface area contributed by atoms with Crippen molar-refractivity contribution in [3.8, 4) is 0 Å². The second-order valence-corrected chi connectivity index (χ2v) is 7.77. The van der Waals surface area contributed by atoms with Gasteiger partial charge in [0.25, 0.3) is 0 Å². The molecule has 2 aliphatic heterocycles. The first-order valence-corrected chi connectivity index (χ1v) is 9.44. The highest BCUT2D eigenvalue weighted by Crippen LogP contribution is 2.24. The Bertz CT molecular complexity index is 682. The SMILES string of the molecule is Cc1ccc(N2C[C@@H](NC(=O)N(C)C3CCN(C)CC3)CC2=O)cc1C. The van der Waals surface area contributed by atoms with Crippen LogP contribution in [-0.2, 0) is 4.79 Å². The fraction of sp³-hybridized carbons (Fsp3) is 0.600. The van der Waals surface area contributed by atoms with Gasteiger partial charge in [-0.3, -0.25) is 4.79 Å². The van der Waals surface area contributed by atoms with Crippen LogP contribution in [0, 0.1) is 13.8 Å². The van der Waals surface area contributed by atoms with Gasteiger partial charge in [0.15, 0.2) is 0 Å². The predicted octanol–water partition coefficient (Wildman–Crippen LogP) is 2.14. The third-order valence-corrected chi connectivity index (χ3v) is 5.81. The Hall–Kier alpha value is -2.08. The number of amides is 3. The van der Waals surface area contributed by atoms with Crippen molar-refractivity contribution < 1.29 is 9.59 Å². The van der Waals surface area contributed by atoms with Crippen LogP contribution in [0.3, 0.4) is 0 Å². The second kappa shape index (κ2) is 7.66. The van der Waals surface area contributed by atoms with Gasteiger partial charge in [-0.15, -0.1) is 0 Å². The maximum Gasteiger partial charge on any atom is 0.317 e. The minimum absolute atomic E-state index is 0.0699. The number of nitrogens with one attached hydrogen (secondary N) is 1. The summed E-state index contributed by atoms with van der Waals surface area (Å²) in [6.45, 7) is 6.69. The molecule has 0 unspecified atom stereocenters. The summed E-state index contributed by atoms with van der Waals surface area (Å²) in [4.78, 5) is 30.9. The van der Waals surface area contributed by atoms with E-state index in [1.807, 2.05) is 30.1 Å². The number of likely N-dealkylation sites (tertiary alicyclic amines) is 1. The van der Waals surface area contributed by atoms with Gasteiger partial charge >= 0.3 is 6.03 Å². The Kier molecular flexibility index (Phi) is 5.51. The van der Waals surface area contributed by atoms with Crippen molar-refractivity contribution in [2.75, 3.05) is 38.6 Å². The van der Waals surface area contributed by atoms with E-state index >= 15 is 0 Å². The molecule has 2 saturated heterocycles. The van der Waals surface area contributed by atoms with Gasteiger partial charge in [-0.2, -0.15) is 0 Å². The molecule has 2 heterocycles. The molecule has 1 atom stereocenters. The summed E-state index contributed by atoms with van der Waals surface area (Å²) in [5, 5.41) is 3.05. The molecule has 0 spiro atoms. The van der Waals surface area contributed by atoms with Crippen molar-refractivity contribution in [1.29, 1.82) is 0 Å². The Morgan fingerprint density at radius 3 is 2.54 bits per heavy atom. The van der Waals surface area contributed by atoms with Crippen LogP contribution in [0.5, 0.6) is 0 Å². The van der Waals surface area contributed by atoms with Gasteiger partial charge in [-0.1, -0.05) is 6.07 Å². The number of benzene rings is 1. The molecule has 26 heavy (non-hydrogen) atoms. The maximum absolute atomic E-state index is 12.6. The molecular weight excluding hydrogens is 328 g/mol. The second-order valence-electron chi connectivity index (χ2n) is 7.77. The molecule has 6 nitrogen and oxygen atoms in total. The third-order valence-electron chi connectivity index (χ3n) is 5.81. The van der Waals surface area contributed by atoms with Crippen molar-refractivity contribution in [3.05, 3.63) is 29.3 Å². The quantitative estimate of drug-likeness (QED) is 0.901. The number of aryl methyl sites for hydroxylation is 2. The monoisotopic (exact) mass is 358 g/mol. The highest BCUT2D eigenvalue weighted by atomic mass is 16.2. The van der Waals surface area contributed by atoms with E-state index in [-0.39, 0.29) is 24.0 Å². The fourth-order valence-electron chi connectivity index (χ4n) is 3.77. The van der Waals surface area contributed by atoms with E-state index in [0.717, 1.165) is 31.6 Å². The van der Waals surface area contributed by atoms with E-state index in [9.17, 15) is 9.59 Å². The average Bonchev–Trinajstić information content (AvgIpc) is 2.97. The molecule has 3 rings (SSSR count). The van der Waals surface area contributed by atoms with Crippen LogP contribution >= 0.6 is 0 Å². The number of rotatable bonds is 3. The topological polar surface area (TPSA) is 55.9 Å². The Labute approximate surface area is 156 Å². The first-order chi connectivity index (χ1) is 12.3. The van der Waals surface area contributed by atoms with E-state index in [2.05, 4.69) is 31.1 Å². The van der Waals surface area contributed by atoms with Crippen molar-refractivity contribution in [2.45, 2.75) is 45.2 Å². The number of hydrogen-bond donors (Lipinski definition) is 1. The highest BCUT2D eigenvalue weighted by Gasteiger charge is 2.33. The number of urea groups is 1. The van der Waals surface area contributed by atoms with Gasteiger partial charge in [0, 0.05) is 31.7 Å². The molecule has 0 radical (unpaired) electrons. The summed E-state index contributed by atoms with van der Waals surface area (Å²) < 4.78 is 0. The van der Waals surface area contributed by atoms with E-state index in [4.69, 9.17) is 0 Å². The van der Waals surface area contributed by atoms with Crippen LogP contribution in [0.2, 0.25) is 0 Å². The Morgan fingerprint density at radius 1 is 1.19 bits per heavy atom. The third kappa shape index (κ3) is 4.01. The minimum Gasteiger partial charge on any atom is -0.333 e. The lowest BCUT2D eigenvalue weighted by molar-refractivity contribution is -0.117. The molecule has 0 aliphatic carbocycles. The van der Waals surface area contributed by atoms with Crippen LogP contribution in [0.15, 0.2) is 18.2 Å². The standard InChI is InChI=1S/C20H30N4O2/c1-14-5-6-18(11-15(14)2)24-13-16(12-19(24)25)21-20(26)23(4)17-7-9-22(3)10-8-17/h5-6,11,16-17H,7-10,12-13H2,1-4H3,(H,21,26)/t16-/m0/s1. The summed E-state index contributed by atoms with van der Waals surface area (Å²) in [5.41, 5.74) is 3.30. The van der Waals surface area contributed by atoms with Gasteiger partial charge in [0.05, 0.1) is 6.04 Å². The van der Waals surface area contributed by atoms with E-state index < -0.39 is 0 Å². The Morgan fingerprint density at radius 2 is 1.88 bits per heavy atom. The fourth-order valence-corrected chi connectivity index (χ4v) is 3.77. The van der Waals surface area contributed by atoms with Gasteiger partial charge in [0.2, 0.25) is 5.91 Å². The summed E-state index contributed by atoms with van der Waals surface area (Å²) in [6, 6.07) is 6.14. The van der Waals surface area contributed by atoms with Crippen LogP contribution < -0.4 is 10.2 Å². The molecular formula is C20H30N4O2. The molecule has 1 aromatic carbocycles. The summed E-state index contributed by atoms with van der Waals surface area (Å²) in [5.74, 6) is 0.0699. The van der Waals surface area contributed by atoms with Gasteiger partial charge < -0.3 is 20.0 Å². The molecule has 1 aromatic rings. The zero-order valence-electron chi connectivity index (χ0n) is 16.3. The molecule has 6 heteroatoms. The lowest BCUT2D eigenvalue weighted by Crippen LogP contribution is -2.50. The van der Waals surface area contributed by atoms with Crippen molar-refractivity contribution in [2.24, 2.45) is 0 Å². The molecule has 0 bridgehead atoms. The first kappa shape index (κ1) is 18.7. The van der Waals surface area contributed by atoms with Crippen molar-refractivity contribution >= 4 is 17.6 Å². The minimum atomic E-state index is -0.134. The molecule has 2 aliphatic rings. The summed E-state index contributed by atoms with van der Waals surface area (Å²) >= 11 is 0. The molecule has 2 fully saturated rings. The largest absolute Gasteiger partial charge is 0.333 e. The first-order valence-electron chi connectivity index (χ1n) is 9.44. The Balaban J connectivity index is 1.58. The maximum atomic E-state index is 12.6. The van der Waals surface area contributed by atoms with Crippen molar-refractivity contribution in [3.63, 3.8) is 0 Å². The molecule has 142 valence electrons. The lowest BCUT2D eigenvalue weighted by atomic mass is 10.0. The number of piperidine rings is 1. The zero-order chi connectivity index (χ0) is 18.8. The normalized spacial score (nSPS) is 21.9. The zero-order valence-corrected chi connectivity index (χ0v) is 16.3. The number of hydrogen-bond acceptors (Lipinski definition) is 3. The van der Waals surface area contributed by atoms with Crippen molar-refractivity contribution in [1.82, 2.24) is 15.1 Å². The van der Waals surface area contributed by atoms with Crippen LogP contribution in [0.4, 0.5) is 10.5 Å². The molecule has 0 saturated carbocycles. The van der Waals surface area contributed by atoms with E-state index in [1.54, 1.807) is 4.90 Å².